The molecule has 2 unspecified atom stereocenters. The molecule has 0 aromatic heterocycles. The van der Waals surface area contributed by atoms with E-state index in [4.69, 9.17) is 0 Å². The minimum atomic E-state index is 0.570. The Bertz CT molecular complexity index is 243. The lowest BCUT2D eigenvalue weighted by Crippen LogP contribution is -1.94. The van der Waals surface area contributed by atoms with E-state index in [0.717, 1.165) is 11.8 Å². The second-order valence-electron chi connectivity index (χ2n) is 4.61. The van der Waals surface area contributed by atoms with E-state index >= 15 is 0 Å². The molecular weight excluding hydrogens is 132 g/mol. The Morgan fingerprint density at radius 3 is 2.73 bits per heavy atom. The van der Waals surface area contributed by atoms with Crippen LogP contribution in [0.5, 0.6) is 0 Å². The smallest absolute Gasteiger partial charge is 0.0136 e. The lowest BCUT2D eigenvalue weighted by molar-refractivity contribution is 0.553. The quantitative estimate of drug-likeness (QED) is 0.495. The van der Waals surface area contributed by atoms with Gasteiger partial charge in [-0.05, 0) is 30.6 Å². The first-order valence-electron chi connectivity index (χ1n) is 4.40. The molecule has 0 N–H and O–H groups in total. The zero-order valence-corrected chi connectivity index (χ0v) is 7.65. The van der Waals surface area contributed by atoms with Gasteiger partial charge in [0.1, 0.15) is 0 Å². The Morgan fingerprint density at radius 1 is 1.55 bits per heavy atom. The van der Waals surface area contributed by atoms with Crippen LogP contribution in [-0.2, 0) is 0 Å². The molecule has 2 aliphatic carbocycles. The van der Waals surface area contributed by atoms with Crippen LogP contribution in [0, 0.1) is 17.3 Å². The fourth-order valence-electron chi connectivity index (χ4n) is 2.32. The Balaban J connectivity index is 2.28. The Morgan fingerprint density at radius 2 is 2.18 bits per heavy atom. The molecular formula is C11H16. The van der Waals surface area contributed by atoms with Gasteiger partial charge in [0.05, 0.1) is 0 Å². The molecule has 0 nitrogen and oxygen atoms in total. The molecule has 2 aliphatic rings. The van der Waals surface area contributed by atoms with Crippen LogP contribution in [0.2, 0.25) is 0 Å². The van der Waals surface area contributed by atoms with Crippen molar-refractivity contribution in [3.05, 3.63) is 23.8 Å². The van der Waals surface area contributed by atoms with Gasteiger partial charge >= 0.3 is 0 Å². The molecule has 0 heterocycles. The summed E-state index contributed by atoms with van der Waals surface area (Å²) in [6.07, 6.45) is 3.65. The number of hydrogen-bond donors (Lipinski definition) is 0. The van der Waals surface area contributed by atoms with Gasteiger partial charge < -0.3 is 0 Å². The van der Waals surface area contributed by atoms with Gasteiger partial charge in [0, 0.05) is 0 Å². The third kappa shape index (κ3) is 0.817. The summed E-state index contributed by atoms with van der Waals surface area (Å²) in [5.41, 5.74) is 3.36. The van der Waals surface area contributed by atoms with Gasteiger partial charge in [0.15, 0.2) is 0 Å². The molecule has 2 rings (SSSR count). The summed E-state index contributed by atoms with van der Waals surface area (Å²) in [5.74, 6) is 1.76. The number of fused-ring (bicyclic) bond motifs is 1. The van der Waals surface area contributed by atoms with E-state index < -0.39 is 0 Å². The fourth-order valence-corrected chi connectivity index (χ4v) is 2.32. The minimum absolute atomic E-state index is 0.570. The number of rotatable bonds is 0. The van der Waals surface area contributed by atoms with Gasteiger partial charge in [-0.3, -0.25) is 0 Å². The van der Waals surface area contributed by atoms with Crippen LogP contribution in [0.25, 0.3) is 0 Å². The molecule has 0 saturated heterocycles. The molecule has 11 heavy (non-hydrogen) atoms. The van der Waals surface area contributed by atoms with E-state index in [2.05, 4.69) is 33.4 Å². The van der Waals surface area contributed by atoms with Crippen molar-refractivity contribution < 1.29 is 0 Å². The van der Waals surface area contributed by atoms with Crippen molar-refractivity contribution in [3.8, 4) is 0 Å². The second-order valence-corrected chi connectivity index (χ2v) is 4.61. The average Bonchev–Trinajstić information content (AvgIpc) is 2.39. The summed E-state index contributed by atoms with van der Waals surface area (Å²) < 4.78 is 0. The maximum absolute atomic E-state index is 4.07. The zero-order chi connectivity index (χ0) is 8.22. The van der Waals surface area contributed by atoms with Gasteiger partial charge in [0.2, 0.25) is 0 Å². The Kier molecular flexibility index (Phi) is 1.17. The monoisotopic (exact) mass is 148 g/mol. The third-order valence-corrected chi connectivity index (χ3v) is 3.59. The third-order valence-electron chi connectivity index (χ3n) is 3.59. The summed E-state index contributed by atoms with van der Waals surface area (Å²) >= 11 is 0. The van der Waals surface area contributed by atoms with Crippen molar-refractivity contribution in [3.63, 3.8) is 0 Å². The van der Waals surface area contributed by atoms with E-state index in [0.29, 0.717) is 5.41 Å². The van der Waals surface area contributed by atoms with Crippen molar-refractivity contribution in [2.75, 3.05) is 0 Å². The average molecular weight is 148 g/mol. The van der Waals surface area contributed by atoms with E-state index in [1.165, 1.54) is 17.6 Å². The van der Waals surface area contributed by atoms with Crippen molar-refractivity contribution in [1.29, 1.82) is 0 Å². The molecule has 0 aromatic carbocycles. The van der Waals surface area contributed by atoms with Crippen LogP contribution < -0.4 is 0 Å². The van der Waals surface area contributed by atoms with Crippen LogP contribution >= 0.6 is 0 Å². The lowest BCUT2D eigenvalue weighted by atomic mass is 9.96. The summed E-state index contributed by atoms with van der Waals surface area (Å²) in [6, 6.07) is 0. The van der Waals surface area contributed by atoms with Crippen LogP contribution in [0.3, 0.4) is 0 Å². The molecule has 0 bridgehead atoms. The van der Waals surface area contributed by atoms with Gasteiger partial charge in [-0.1, -0.05) is 37.6 Å². The first-order valence-corrected chi connectivity index (χ1v) is 4.40. The molecule has 0 radical (unpaired) electrons. The predicted octanol–water partition coefficient (Wildman–Crippen LogP) is 3.16. The highest BCUT2D eigenvalue weighted by atomic mass is 14.6. The Hall–Kier alpha value is -0.520. The molecule has 0 spiro atoms. The highest BCUT2D eigenvalue weighted by molar-refractivity contribution is 5.37. The first-order chi connectivity index (χ1) is 5.03. The van der Waals surface area contributed by atoms with E-state index in [1.807, 2.05) is 0 Å². The van der Waals surface area contributed by atoms with Crippen LogP contribution in [0.4, 0.5) is 0 Å². The highest BCUT2D eigenvalue weighted by Gasteiger charge is 2.57. The lowest BCUT2D eigenvalue weighted by Gasteiger charge is -2.09. The van der Waals surface area contributed by atoms with Gasteiger partial charge in [-0.2, -0.15) is 0 Å². The Labute approximate surface area is 69.0 Å². The van der Waals surface area contributed by atoms with Crippen LogP contribution in [-0.4, -0.2) is 0 Å². The number of allylic oxidation sites excluding steroid dienone is 3. The molecule has 2 atom stereocenters. The molecule has 0 aliphatic heterocycles. The van der Waals surface area contributed by atoms with Crippen molar-refractivity contribution in [1.82, 2.24) is 0 Å². The van der Waals surface area contributed by atoms with Crippen molar-refractivity contribution in [2.24, 2.45) is 17.3 Å². The fraction of sp³-hybridized carbons (Fsp3) is 0.636. The molecule has 60 valence electrons. The summed E-state index contributed by atoms with van der Waals surface area (Å²) in [4.78, 5) is 0. The van der Waals surface area contributed by atoms with Gasteiger partial charge in [-0.25, -0.2) is 0 Å². The van der Waals surface area contributed by atoms with E-state index in [9.17, 15) is 0 Å². The van der Waals surface area contributed by atoms with Crippen molar-refractivity contribution >= 4 is 0 Å². The topological polar surface area (TPSA) is 0 Å². The van der Waals surface area contributed by atoms with Gasteiger partial charge in [0.25, 0.3) is 0 Å². The second kappa shape index (κ2) is 1.80. The maximum Gasteiger partial charge on any atom is -0.0136 e. The molecule has 1 saturated carbocycles. The normalized spacial score (nSPS) is 39.5. The molecule has 1 fully saturated rings. The largest absolute Gasteiger partial charge is 0.0956 e. The molecule has 0 heteroatoms. The summed E-state index contributed by atoms with van der Waals surface area (Å²) in [5, 5.41) is 0. The zero-order valence-electron chi connectivity index (χ0n) is 7.65. The molecule has 0 amide bonds. The SMILES string of the molecule is C=C1CC2C(C=C1C)C2(C)C. The first kappa shape index (κ1) is 7.15. The number of hydrogen-bond acceptors (Lipinski definition) is 0. The van der Waals surface area contributed by atoms with Gasteiger partial charge in [-0.15, -0.1) is 0 Å². The standard InChI is InChI=1S/C11H16/c1-7-5-9-10(6-8(7)2)11(9,3)4/h6,9-10H,1,5H2,2-4H3. The predicted molar refractivity (Wildman–Crippen MR) is 48.3 cm³/mol. The van der Waals surface area contributed by atoms with Crippen LogP contribution in [0.1, 0.15) is 27.2 Å². The van der Waals surface area contributed by atoms with E-state index in [-0.39, 0.29) is 0 Å². The summed E-state index contributed by atoms with van der Waals surface area (Å²) in [7, 11) is 0. The summed E-state index contributed by atoms with van der Waals surface area (Å²) in [6.45, 7) is 11.0. The van der Waals surface area contributed by atoms with Crippen molar-refractivity contribution in [2.45, 2.75) is 27.2 Å². The van der Waals surface area contributed by atoms with Crippen LogP contribution in [0.15, 0.2) is 23.8 Å². The van der Waals surface area contributed by atoms with E-state index in [1.54, 1.807) is 0 Å². The molecule has 0 aromatic rings. The maximum atomic E-state index is 4.07. The highest BCUT2D eigenvalue weighted by Crippen LogP contribution is 2.64. The minimum Gasteiger partial charge on any atom is -0.0956 e.